The topological polar surface area (TPSA) is 21.3 Å². The van der Waals surface area contributed by atoms with Crippen molar-refractivity contribution in [1.29, 1.82) is 0 Å². The molecule has 21 heavy (non-hydrogen) atoms. The molecule has 1 aromatic carbocycles. The molecular formula is C18H26ClNO. The van der Waals surface area contributed by atoms with Crippen molar-refractivity contribution in [3.05, 3.63) is 28.3 Å². The van der Waals surface area contributed by atoms with E-state index in [0.29, 0.717) is 6.04 Å². The van der Waals surface area contributed by atoms with Crippen LogP contribution in [-0.4, -0.2) is 19.2 Å². The van der Waals surface area contributed by atoms with E-state index >= 15 is 0 Å². The zero-order valence-corrected chi connectivity index (χ0v) is 13.7. The van der Waals surface area contributed by atoms with Gasteiger partial charge in [-0.25, -0.2) is 0 Å². The van der Waals surface area contributed by atoms with Crippen LogP contribution < -0.4 is 10.1 Å². The fourth-order valence-corrected chi connectivity index (χ4v) is 3.74. The summed E-state index contributed by atoms with van der Waals surface area (Å²) in [5, 5.41) is 4.58. The minimum atomic E-state index is 0.557. The molecule has 1 atom stereocenters. The maximum Gasteiger partial charge on any atom is 0.125 e. The van der Waals surface area contributed by atoms with Gasteiger partial charge in [0.2, 0.25) is 0 Å². The average Bonchev–Trinajstić information content (AvgIpc) is 2.87. The number of ether oxygens (including phenoxy) is 1. The summed E-state index contributed by atoms with van der Waals surface area (Å²) >= 11 is 6.28. The van der Waals surface area contributed by atoms with Crippen molar-refractivity contribution in [2.24, 2.45) is 5.92 Å². The standard InChI is InChI=1S/C18H26ClNO/c1-2-7-20-17(9-13-4-3-5-13)12-15-11-16(19)10-14-6-8-21-18(14)15/h10-11,13,17,20H,2-9,12H2,1H3. The first kappa shape index (κ1) is 15.2. The van der Waals surface area contributed by atoms with Crippen LogP contribution >= 0.6 is 11.6 Å². The van der Waals surface area contributed by atoms with Gasteiger partial charge in [-0.1, -0.05) is 37.8 Å². The zero-order valence-electron chi connectivity index (χ0n) is 13.0. The summed E-state index contributed by atoms with van der Waals surface area (Å²) in [5.41, 5.74) is 2.58. The van der Waals surface area contributed by atoms with Gasteiger partial charge in [0.1, 0.15) is 5.75 Å². The molecule has 0 amide bonds. The van der Waals surface area contributed by atoms with Crippen LogP contribution in [0.4, 0.5) is 0 Å². The monoisotopic (exact) mass is 307 g/mol. The van der Waals surface area contributed by atoms with E-state index in [4.69, 9.17) is 16.3 Å². The van der Waals surface area contributed by atoms with E-state index in [1.165, 1.54) is 43.2 Å². The molecule has 1 fully saturated rings. The Morgan fingerprint density at radius 3 is 2.95 bits per heavy atom. The number of hydrogen-bond donors (Lipinski definition) is 1. The second-order valence-corrected chi connectivity index (χ2v) is 6.98. The van der Waals surface area contributed by atoms with Crippen LogP contribution in [-0.2, 0) is 12.8 Å². The van der Waals surface area contributed by atoms with Crippen molar-refractivity contribution in [3.8, 4) is 5.75 Å². The van der Waals surface area contributed by atoms with Gasteiger partial charge in [0.15, 0.2) is 0 Å². The van der Waals surface area contributed by atoms with Crippen molar-refractivity contribution >= 4 is 11.6 Å². The Hall–Kier alpha value is -0.730. The number of nitrogens with one attached hydrogen (secondary N) is 1. The molecule has 1 heterocycles. The van der Waals surface area contributed by atoms with Crippen LogP contribution in [0.2, 0.25) is 5.02 Å². The first-order valence-electron chi connectivity index (χ1n) is 8.43. The molecule has 1 saturated carbocycles. The summed E-state index contributed by atoms with van der Waals surface area (Å²) < 4.78 is 5.85. The molecule has 0 bridgehead atoms. The van der Waals surface area contributed by atoms with Crippen LogP contribution in [0.3, 0.4) is 0 Å². The molecule has 1 aromatic rings. The highest BCUT2D eigenvalue weighted by Gasteiger charge is 2.24. The van der Waals surface area contributed by atoms with E-state index < -0.39 is 0 Å². The van der Waals surface area contributed by atoms with Gasteiger partial charge in [0.25, 0.3) is 0 Å². The first-order valence-corrected chi connectivity index (χ1v) is 8.81. The van der Waals surface area contributed by atoms with Crippen molar-refractivity contribution in [2.45, 2.75) is 57.9 Å². The largest absolute Gasteiger partial charge is 0.493 e. The number of fused-ring (bicyclic) bond motifs is 1. The predicted octanol–water partition coefficient (Wildman–Crippen LogP) is 4.38. The van der Waals surface area contributed by atoms with E-state index in [1.807, 2.05) is 0 Å². The van der Waals surface area contributed by atoms with Gasteiger partial charge >= 0.3 is 0 Å². The SMILES string of the molecule is CCCNC(Cc1cc(Cl)cc2c1OCC2)CC1CCC1. The van der Waals surface area contributed by atoms with Crippen LogP contribution in [0, 0.1) is 5.92 Å². The van der Waals surface area contributed by atoms with Crippen molar-refractivity contribution < 1.29 is 4.74 Å². The molecular weight excluding hydrogens is 282 g/mol. The van der Waals surface area contributed by atoms with Crippen LogP contribution in [0.15, 0.2) is 12.1 Å². The number of benzene rings is 1. The van der Waals surface area contributed by atoms with Crippen LogP contribution in [0.25, 0.3) is 0 Å². The molecule has 0 radical (unpaired) electrons. The molecule has 3 heteroatoms. The van der Waals surface area contributed by atoms with Crippen LogP contribution in [0.1, 0.15) is 50.2 Å². The molecule has 0 spiro atoms. The Kier molecular flexibility index (Phi) is 5.07. The van der Waals surface area contributed by atoms with Gasteiger partial charge in [0.05, 0.1) is 6.61 Å². The third-order valence-corrected chi connectivity index (χ3v) is 5.04. The van der Waals surface area contributed by atoms with E-state index in [0.717, 1.165) is 42.7 Å². The second-order valence-electron chi connectivity index (χ2n) is 6.54. The minimum absolute atomic E-state index is 0.557. The lowest BCUT2D eigenvalue weighted by Gasteiger charge is -2.30. The molecule has 2 aliphatic rings. The maximum atomic E-state index is 6.28. The second kappa shape index (κ2) is 7.02. The average molecular weight is 308 g/mol. The summed E-state index contributed by atoms with van der Waals surface area (Å²) in [4.78, 5) is 0. The maximum absolute atomic E-state index is 6.28. The van der Waals surface area contributed by atoms with E-state index in [9.17, 15) is 0 Å². The molecule has 116 valence electrons. The van der Waals surface area contributed by atoms with Gasteiger partial charge in [-0.15, -0.1) is 0 Å². The molecule has 1 aliphatic carbocycles. The summed E-state index contributed by atoms with van der Waals surface area (Å²) in [5.74, 6) is 2.03. The normalized spacial score (nSPS) is 19.0. The molecule has 1 N–H and O–H groups in total. The Labute approximate surface area is 133 Å². The number of hydrogen-bond acceptors (Lipinski definition) is 2. The predicted molar refractivity (Wildman–Crippen MR) is 88.4 cm³/mol. The Morgan fingerprint density at radius 2 is 2.24 bits per heavy atom. The van der Waals surface area contributed by atoms with E-state index in [-0.39, 0.29) is 0 Å². The van der Waals surface area contributed by atoms with Gasteiger partial charge in [-0.05, 0) is 55.0 Å². The summed E-state index contributed by atoms with van der Waals surface area (Å²) in [7, 11) is 0. The van der Waals surface area contributed by atoms with Crippen molar-refractivity contribution in [3.63, 3.8) is 0 Å². The fourth-order valence-electron chi connectivity index (χ4n) is 3.48. The number of rotatable bonds is 7. The van der Waals surface area contributed by atoms with Gasteiger partial charge in [0, 0.05) is 17.5 Å². The Balaban J connectivity index is 1.71. The van der Waals surface area contributed by atoms with Crippen molar-refractivity contribution in [2.75, 3.05) is 13.2 Å². The third kappa shape index (κ3) is 3.73. The van der Waals surface area contributed by atoms with Gasteiger partial charge in [-0.3, -0.25) is 0 Å². The van der Waals surface area contributed by atoms with E-state index in [2.05, 4.69) is 24.4 Å². The highest BCUT2D eigenvalue weighted by atomic mass is 35.5. The van der Waals surface area contributed by atoms with Crippen LogP contribution in [0.5, 0.6) is 5.75 Å². The molecule has 2 nitrogen and oxygen atoms in total. The van der Waals surface area contributed by atoms with Gasteiger partial charge < -0.3 is 10.1 Å². The molecule has 3 rings (SSSR count). The third-order valence-electron chi connectivity index (χ3n) is 4.82. The number of halogens is 1. The van der Waals surface area contributed by atoms with Crippen molar-refractivity contribution in [1.82, 2.24) is 5.32 Å². The molecule has 1 unspecified atom stereocenters. The lowest BCUT2D eigenvalue weighted by atomic mass is 9.79. The van der Waals surface area contributed by atoms with E-state index in [1.54, 1.807) is 0 Å². The molecule has 1 aliphatic heterocycles. The Morgan fingerprint density at radius 1 is 1.38 bits per heavy atom. The lowest BCUT2D eigenvalue weighted by Crippen LogP contribution is -2.35. The zero-order chi connectivity index (χ0) is 14.7. The molecule has 0 aromatic heterocycles. The smallest absolute Gasteiger partial charge is 0.125 e. The highest BCUT2D eigenvalue weighted by Crippen LogP contribution is 2.35. The first-order chi connectivity index (χ1) is 10.3. The minimum Gasteiger partial charge on any atom is -0.493 e. The summed E-state index contributed by atoms with van der Waals surface area (Å²) in [6, 6.07) is 4.72. The summed E-state index contributed by atoms with van der Waals surface area (Å²) in [6.45, 7) is 4.13. The highest BCUT2D eigenvalue weighted by molar-refractivity contribution is 6.30. The summed E-state index contributed by atoms with van der Waals surface area (Å²) in [6.07, 6.45) is 8.76. The quantitative estimate of drug-likeness (QED) is 0.807. The van der Waals surface area contributed by atoms with Gasteiger partial charge in [-0.2, -0.15) is 0 Å². The fraction of sp³-hybridized carbons (Fsp3) is 0.667. The Bertz CT molecular complexity index is 484. The molecule has 0 saturated heterocycles. The lowest BCUT2D eigenvalue weighted by molar-refractivity contribution is 0.258.